The molecule has 1 spiro atoms. The molecule has 2 N–H and O–H groups in total. The summed E-state index contributed by atoms with van der Waals surface area (Å²) in [5.41, 5.74) is -0.723. The van der Waals surface area contributed by atoms with E-state index >= 15 is 0 Å². The van der Waals surface area contributed by atoms with Gasteiger partial charge < -0.3 is 15.4 Å². The number of alkyl halides is 2. The van der Waals surface area contributed by atoms with Gasteiger partial charge in [0.25, 0.3) is 5.91 Å². The van der Waals surface area contributed by atoms with Gasteiger partial charge in [-0.3, -0.25) is 14.5 Å². The van der Waals surface area contributed by atoms with Gasteiger partial charge in [0.05, 0.1) is 0 Å². The summed E-state index contributed by atoms with van der Waals surface area (Å²) in [4.78, 5) is 38.8. The topological polar surface area (TPSA) is 87.7 Å². The molecule has 158 valence electrons. The quantitative estimate of drug-likeness (QED) is 0.730. The number of anilines is 1. The Bertz CT molecular complexity index is 812. The number of rotatable bonds is 5. The van der Waals surface area contributed by atoms with Gasteiger partial charge in [0, 0.05) is 5.69 Å². The number of hydrogen-bond acceptors (Lipinski definition) is 4. The van der Waals surface area contributed by atoms with Crippen LogP contribution in [0.5, 0.6) is 5.75 Å². The molecule has 7 nitrogen and oxygen atoms in total. The number of carbonyl (C=O) groups excluding carboxylic acids is 3. The molecule has 0 unspecified atom stereocenters. The van der Waals surface area contributed by atoms with Gasteiger partial charge >= 0.3 is 12.6 Å². The number of imide groups is 1. The third-order valence-electron chi connectivity index (χ3n) is 5.29. The van der Waals surface area contributed by atoms with Crippen LogP contribution >= 0.6 is 0 Å². The Morgan fingerprint density at radius 1 is 1.28 bits per heavy atom. The highest BCUT2D eigenvalue weighted by atomic mass is 19.3. The predicted molar refractivity (Wildman–Crippen MR) is 101 cm³/mol. The minimum Gasteiger partial charge on any atom is -0.435 e. The fraction of sp³-hybridized carbons (Fsp3) is 0.550. The first-order valence-electron chi connectivity index (χ1n) is 9.49. The molecule has 4 amide bonds. The van der Waals surface area contributed by atoms with Crippen LogP contribution in [0.3, 0.4) is 0 Å². The summed E-state index contributed by atoms with van der Waals surface area (Å²) in [6.07, 6.45) is 2.03. The van der Waals surface area contributed by atoms with Gasteiger partial charge in [-0.1, -0.05) is 20.8 Å². The Labute approximate surface area is 167 Å². The molecule has 2 atom stereocenters. The van der Waals surface area contributed by atoms with Crippen molar-refractivity contribution in [1.29, 1.82) is 0 Å². The molecule has 0 aromatic heterocycles. The maximum absolute atomic E-state index is 13.0. The van der Waals surface area contributed by atoms with Crippen molar-refractivity contribution in [3.8, 4) is 5.75 Å². The van der Waals surface area contributed by atoms with Gasteiger partial charge in [0.2, 0.25) is 5.91 Å². The maximum atomic E-state index is 13.0. The largest absolute Gasteiger partial charge is 0.435 e. The van der Waals surface area contributed by atoms with E-state index in [2.05, 4.69) is 36.1 Å². The van der Waals surface area contributed by atoms with E-state index < -0.39 is 30.6 Å². The second-order valence-electron chi connectivity index (χ2n) is 8.71. The first kappa shape index (κ1) is 21.0. The minimum absolute atomic E-state index is 0.0388. The zero-order valence-electron chi connectivity index (χ0n) is 16.6. The van der Waals surface area contributed by atoms with Crippen LogP contribution < -0.4 is 15.4 Å². The number of nitrogens with one attached hydrogen (secondary N) is 2. The van der Waals surface area contributed by atoms with E-state index in [0.29, 0.717) is 18.5 Å². The van der Waals surface area contributed by atoms with Crippen LogP contribution in [0, 0.1) is 11.3 Å². The third kappa shape index (κ3) is 4.65. The van der Waals surface area contributed by atoms with Crippen molar-refractivity contribution >= 4 is 23.5 Å². The second-order valence-corrected chi connectivity index (χ2v) is 8.71. The SMILES string of the molecule is C[C@H]1CC(C)(C)C[C@]2(C1)NC(=O)N(CC(=O)Nc1ccc(OC(F)F)cc1)C2=O. The lowest BCUT2D eigenvalue weighted by atomic mass is 9.64. The van der Waals surface area contributed by atoms with Gasteiger partial charge in [0.1, 0.15) is 17.8 Å². The van der Waals surface area contributed by atoms with E-state index in [4.69, 9.17) is 0 Å². The Morgan fingerprint density at radius 3 is 2.52 bits per heavy atom. The molecule has 2 aliphatic rings. The maximum Gasteiger partial charge on any atom is 0.387 e. The third-order valence-corrected chi connectivity index (χ3v) is 5.29. The second kappa shape index (κ2) is 7.61. The molecule has 3 rings (SSSR count). The highest BCUT2D eigenvalue weighted by Gasteiger charge is 2.56. The highest BCUT2D eigenvalue weighted by molar-refractivity contribution is 6.10. The molecule has 1 saturated heterocycles. The Hall–Kier alpha value is -2.71. The van der Waals surface area contributed by atoms with Crippen molar-refractivity contribution in [2.75, 3.05) is 11.9 Å². The van der Waals surface area contributed by atoms with Crippen LogP contribution in [-0.2, 0) is 9.59 Å². The Balaban J connectivity index is 1.65. The monoisotopic (exact) mass is 409 g/mol. The number of urea groups is 1. The van der Waals surface area contributed by atoms with Crippen molar-refractivity contribution in [3.63, 3.8) is 0 Å². The summed E-state index contributed by atoms with van der Waals surface area (Å²) in [7, 11) is 0. The first-order valence-corrected chi connectivity index (χ1v) is 9.49. The molecule has 29 heavy (non-hydrogen) atoms. The molecule has 9 heteroatoms. The first-order chi connectivity index (χ1) is 13.5. The van der Waals surface area contributed by atoms with Crippen molar-refractivity contribution < 1.29 is 27.9 Å². The average molecular weight is 409 g/mol. The lowest BCUT2D eigenvalue weighted by Crippen LogP contribution is -2.54. The average Bonchev–Trinajstić information content (AvgIpc) is 2.78. The van der Waals surface area contributed by atoms with E-state index in [0.717, 1.165) is 11.3 Å². The molecule has 1 aromatic rings. The van der Waals surface area contributed by atoms with E-state index in [-0.39, 0.29) is 23.0 Å². The lowest BCUT2D eigenvalue weighted by molar-refractivity contribution is -0.136. The van der Waals surface area contributed by atoms with Crippen LogP contribution in [0.25, 0.3) is 0 Å². The molecular formula is C20H25F2N3O4. The summed E-state index contributed by atoms with van der Waals surface area (Å²) in [6, 6.07) is 4.80. The van der Waals surface area contributed by atoms with Crippen molar-refractivity contribution in [2.24, 2.45) is 11.3 Å². The number of benzene rings is 1. The standard InChI is InChI=1S/C20H25F2N3O4/c1-12-8-19(2,3)11-20(9-12)16(27)25(18(28)24-20)10-15(26)23-13-4-6-14(7-5-13)29-17(21)22/h4-7,12,17H,8-11H2,1-3H3,(H,23,26)(H,24,28)/t12-,20-/m0/s1. The fourth-order valence-corrected chi connectivity index (χ4v) is 4.71. The van der Waals surface area contributed by atoms with Gasteiger partial charge in [-0.25, -0.2) is 4.79 Å². The van der Waals surface area contributed by atoms with E-state index in [9.17, 15) is 23.2 Å². The van der Waals surface area contributed by atoms with E-state index in [1.54, 1.807) is 0 Å². The highest BCUT2D eigenvalue weighted by Crippen LogP contribution is 2.46. The smallest absolute Gasteiger partial charge is 0.387 e. The van der Waals surface area contributed by atoms with Crippen molar-refractivity contribution in [2.45, 2.75) is 52.2 Å². The normalized spacial score (nSPS) is 26.0. The summed E-state index contributed by atoms with van der Waals surface area (Å²) in [5.74, 6) is -0.706. The van der Waals surface area contributed by atoms with Gasteiger partial charge in [0.15, 0.2) is 0 Å². The molecule has 1 aliphatic heterocycles. The molecule has 1 heterocycles. The zero-order chi connectivity index (χ0) is 21.4. The van der Waals surface area contributed by atoms with E-state index in [1.807, 2.05) is 0 Å². The van der Waals surface area contributed by atoms with Crippen LogP contribution in [0.1, 0.15) is 40.0 Å². The Kier molecular flexibility index (Phi) is 5.51. The van der Waals surface area contributed by atoms with E-state index in [1.165, 1.54) is 24.3 Å². The van der Waals surface area contributed by atoms with Crippen LogP contribution in [-0.4, -0.2) is 41.4 Å². The molecule has 0 bridgehead atoms. The van der Waals surface area contributed by atoms with Gasteiger partial charge in [-0.2, -0.15) is 8.78 Å². The molecule has 2 fully saturated rings. The van der Waals surface area contributed by atoms with Gasteiger partial charge in [-0.05, 0) is 54.9 Å². The number of amides is 4. The summed E-state index contributed by atoms with van der Waals surface area (Å²) in [5, 5.41) is 5.37. The van der Waals surface area contributed by atoms with Crippen LogP contribution in [0.2, 0.25) is 0 Å². The predicted octanol–water partition coefficient (Wildman–Crippen LogP) is 3.36. The number of ether oxygens (including phenoxy) is 1. The summed E-state index contributed by atoms with van der Waals surface area (Å²) >= 11 is 0. The minimum atomic E-state index is -2.94. The Morgan fingerprint density at radius 2 is 1.93 bits per heavy atom. The van der Waals surface area contributed by atoms with Crippen LogP contribution in [0.4, 0.5) is 19.3 Å². The zero-order valence-corrected chi connectivity index (χ0v) is 16.6. The van der Waals surface area contributed by atoms with Crippen LogP contribution in [0.15, 0.2) is 24.3 Å². The fourth-order valence-electron chi connectivity index (χ4n) is 4.71. The molecule has 0 radical (unpaired) electrons. The summed E-state index contributed by atoms with van der Waals surface area (Å²) in [6.45, 7) is 2.84. The number of halogens is 2. The van der Waals surface area contributed by atoms with Gasteiger partial charge in [-0.15, -0.1) is 0 Å². The number of nitrogens with zero attached hydrogens (tertiary/aromatic N) is 1. The summed E-state index contributed by atoms with van der Waals surface area (Å²) < 4.78 is 28.6. The number of carbonyl (C=O) groups is 3. The molecule has 1 aliphatic carbocycles. The van der Waals surface area contributed by atoms with Crippen molar-refractivity contribution in [3.05, 3.63) is 24.3 Å². The molecular weight excluding hydrogens is 384 g/mol. The molecule has 1 saturated carbocycles. The molecule has 1 aromatic carbocycles. The van der Waals surface area contributed by atoms with Crippen molar-refractivity contribution in [1.82, 2.24) is 10.2 Å². The lowest BCUT2D eigenvalue weighted by Gasteiger charge is -2.43. The number of hydrogen-bond donors (Lipinski definition) is 2.